The molecule has 24 heavy (non-hydrogen) atoms. The van der Waals surface area contributed by atoms with Crippen LogP contribution in [0.25, 0.3) is 0 Å². The first-order valence-electron chi connectivity index (χ1n) is 8.35. The summed E-state index contributed by atoms with van der Waals surface area (Å²) in [6.07, 6.45) is 2.15. The zero-order chi connectivity index (χ0) is 17.4. The Hall–Kier alpha value is -1.81. The molecule has 128 valence electrons. The van der Waals surface area contributed by atoms with Crippen LogP contribution in [0.3, 0.4) is 0 Å². The molecule has 2 rings (SSSR count). The molecule has 1 N–H and O–H groups in total. The van der Waals surface area contributed by atoms with E-state index in [2.05, 4.69) is 40.3 Å². The van der Waals surface area contributed by atoms with E-state index in [9.17, 15) is 4.79 Å². The summed E-state index contributed by atoms with van der Waals surface area (Å²) < 4.78 is 6.71. The van der Waals surface area contributed by atoms with Gasteiger partial charge in [0.1, 0.15) is 5.75 Å². The fourth-order valence-electron chi connectivity index (χ4n) is 2.43. The van der Waals surface area contributed by atoms with Crippen molar-refractivity contribution in [1.82, 2.24) is 5.32 Å². The second kappa shape index (κ2) is 9.48. The third-order valence-electron chi connectivity index (χ3n) is 3.89. The van der Waals surface area contributed by atoms with E-state index in [0.717, 1.165) is 22.2 Å². The minimum Gasteiger partial charge on any atom is -0.492 e. The van der Waals surface area contributed by atoms with Gasteiger partial charge in [-0.1, -0.05) is 43.3 Å². The van der Waals surface area contributed by atoms with Crippen LogP contribution in [0.15, 0.2) is 53.0 Å². The van der Waals surface area contributed by atoms with Gasteiger partial charge in [0.2, 0.25) is 5.91 Å². The lowest BCUT2D eigenvalue weighted by atomic mass is 10.1. The van der Waals surface area contributed by atoms with Gasteiger partial charge in [-0.2, -0.15) is 0 Å². The van der Waals surface area contributed by atoms with Crippen LogP contribution in [0.2, 0.25) is 0 Å². The summed E-state index contributed by atoms with van der Waals surface area (Å²) >= 11 is 3.52. The van der Waals surface area contributed by atoms with Crippen LogP contribution in [0.5, 0.6) is 5.75 Å². The van der Waals surface area contributed by atoms with E-state index >= 15 is 0 Å². The first-order valence-corrected chi connectivity index (χ1v) is 9.15. The Balaban J connectivity index is 1.71. The van der Waals surface area contributed by atoms with Crippen molar-refractivity contribution >= 4 is 21.8 Å². The average Bonchev–Trinajstić information content (AvgIpc) is 2.60. The molecular weight excluding hydrogens is 366 g/mol. The SMILES string of the molecule is CCc1ccc(OCCCC(=O)NC(C)c2ccccc2)c(Br)c1. The summed E-state index contributed by atoms with van der Waals surface area (Å²) in [5, 5.41) is 3.02. The number of aryl methyl sites for hydroxylation is 1. The highest BCUT2D eigenvalue weighted by Crippen LogP contribution is 2.26. The highest BCUT2D eigenvalue weighted by Gasteiger charge is 2.09. The van der Waals surface area contributed by atoms with E-state index in [4.69, 9.17) is 4.74 Å². The number of benzene rings is 2. The number of amides is 1. The van der Waals surface area contributed by atoms with Crippen molar-refractivity contribution in [3.8, 4) is 5.75 Å². The van der Waals surface area contributed by atoms with Gasteiger partial charge in [0.15, 0.2) is 0 Å². The molecule has 0 saturated carbocycles. The average molecular weight is 390 g/mol. The zero-order valence-electron chi connectivity index (χ0n) is 14.2. The van der Waals surface area contributed by atoms with Gasteiger partial charge in [0, 0.05) is 6.42 Å². The molecule has 0 aliphatic carbocycles. The molecule has 0 fully saturated rings. The van der Waals surface area contributed by atoms with Crippen molar-refractivity contribution in [2.75, 3.05) is 6.61 Å². The van der Waals surface area contributed by atoms with E-state index < -0.39 is 0 Å². The summed E-state index contributed by atoms with van der Waals surface area (Å²) in [6.45, 7) is 4.64. The van der Waals surface area contributed by atoms with Crippen LogP contribution in [0, 0.1) is 0 Å². The van der Waals surface area contributed by atoms with Crippen LogP contribution in [0.1, 0.15) is 43.9 Å². The highest BCUT2D eigenvalue weighted by molar-refractivity contribution is 9.10. The third kappa shape index (κ3) is 5.68. The molecule has 3 nitrogen and oxygen atoms in total. The Morgan fingerprint density at radius 1 is 1.21 bits per heavy atom. The zero-order valence-corrected chi connectivity index (χ0v) is 15.8. The molecule has 1 amide bonds. The Labute approximate surface area is 152 Å². The van der Waals surface area contributed by atoms with Crippen LogP contribution in [-0.4, -0.2) is 12.5 Å². The van der Waals surface area contributed by atoms with Crippen LogP contribution in [0.4, 0.5) is 0 Å². The van der Waals surface area contributed by atoms with E-state index in [1.54, 1.807) is 0 Å². The van der Waals surface area contributed by atoms with Gasteiger partial charge in [0.05, 0.1) is 17.1 Å². The number of carbonyl (C=O) groups excluding carboxylic acids is 1. The minimum absolute atomic E-state index is 0.0235. The maximum Gasteiger partial charge on any atom is 0.220 e. The standard InChI is InChI=1S/C20H24BrNO2/c1-3-16-11-12-19(18(21)14-16)24-13-7-10-20(23)22-15(2)17-8-5-4-6-9-17/h4-6,8-9,11-12,14-15H,3,7,10,13H2,1-2H3,(H,22,23). The van der Waals surface area contributed by atoms with Crippen molar-refractivity contribution in [1.29, 1.82) is 0 Å². The molecule has 0 saturated heterocycles. The second-order valence-electron chi connectivity index (χ2n) is 5.77. The number of carbonyl (C=O) groups is 1. The molecule has 0 aromatic heterocycles. The van der Waals surface area contributed by atoms with Gasteiger partial charge in [-0.05, 0) is 59.0 Å². The maximum absolute atomic E-state index is 12.0. The number of ether oxygens (including phenoxy) is 1. The predicted molar refractivity (Wildman–Crippen MR) is 101 cm³/mol. The van der Waals surface area contributed by atoms with Gasteiger partial charge < -0.3 is 10.1 Å². The third-order valence-corrected chi connectivity index (χ3v) is 4.51. The summed E-state index contributed by atoms with van der Waals surface area (Å²) in [5.74, 6) is 0.876. The quantitative estimate of drug-likeness (QED) is 0.641. The van der Waals surface area contributed by atoms with Crippen molar-refractivity contribution in [2.45, 2.75) is 39.2 Å². The van der Waals surface area contributed by atoms with Gasteiger partial charge >= 0.3 is 0 Å². The normalized spacial score (nSPS) is 11.8. The maximum atomic E-state index is 12.0. The van der Waals surface area contributed by atoms with E-state index in [-0.39, 0.29) is 11.9 Å². The molecule has 2 aromatic carbocycles. The lowest BCUT2D eigenvalue weighted by Crippen LogP contribution is -2.26. The smallest absolute Gasteiger partial charge is 0.220 e. The molecule has 1 atom stereocenters. The van der Waals surface area contributed by atoms with Crippen molar-refractivity contribution in [3.05, 3.63) is 64.1 Å². The van der Waals surface area contributed by atoms with Crippen molar-refractivity contribution in [2.24, 2.45) is 0 Å². The summed E-state index contributed by atoms with van der Waals surface area (Å²) in [5.41, 5.74) is 2.38. The van der Waals surface area contributed by atoms with E-state index in [1.165, 1.54) is 5.56 Å². The number of nitrogens with one attached hydrogen (secondary N) is 1. The first kappa shape index (κ1) is 18.5. The van der Waals surface area contributed by atoms with Gasteiger partial charge in [-0.25, -0.2) is 0 Å². The lowest BCUT2D eigenvalue weighted by molar-refractivity contribution is -0.121. The summed E-state index contributed by atoms with van der Waals surface area (Å²) in [6, 6.07) is 16.1. The van der Waals surface area contributed by atoms with E-state index in [1.807, 2.05) is 43.3 Å². The molecule has 0 bridgehead atoms. The molecule has 0 aliphatic rings. The number of halogens is 1. The Morgan fingerprint density at radius 2 is 1.96 bits per heavy atom. The fourth-order valence-corrected chi connectivity index (χ4v) is 2.98. The van der Waals surface area contributed by atoms with Crippen LogP contribution < -0.4 is 10.1 Å². The predicted octanol–water partition coefficient (Wildman–Crippen LogP) is 5.05. The molecule has 0 spiro atoms. The molecule has 2 aromatic rings. The Kier molecular flexibility index (Phi) is 7.32. The topological polar surface area (TPSA) is 38.3 Å². The molecule has 0 heterocycles. The fraction of sp³-hybridized carbons (Fsp3) is 0.350. The Bertz CT molecular complexity index is 658. The monoisotopic (exact) mass is 389 g/mol. The molecule has 0 aliphatic heterocycles. The summed E-state index contributed by atoms with van der Waals surface area (Å²) in [7, 11) is 0. The molecular formula is C20H24BrNO2. The number of hydrogen-bond donors (Lipinski definition) is 1. The lowest BCUT2D eigenvalue weighted by Gasteiger charge is -2.14. The molecule has 0 radical (unpaired) electrons. The van der Waals surface area contributed by atoms with Gasteiger partial charge in [-0.15, -0.1) is 0 Å². The van der Waals surface area contributed by atoms with Crippen LogP contribution >= 0.6 is 15.9 Å². The van der Waals surface area contributed by atoms with Crippen molar-refractivity contribution < 1.29 is 9.53 Å². The van der Waals surface area contributed by atoms with Gasteiger partial charge in [0.25, 0.3) is 0 Å². The Morgan fingerprint density at radius 3 is 2.62 bits per heavy atom. The highest BCUT2D eigenvalue weighted by atomic mass is 79.9. The van der Waals surface area contributed by atoms with Crippen molar-refractivity contribution in [3.63, 3.8) is 0 Å². The molecule has 4 heteroatoms. The van der Waals surface area contributed by atoms with E-state index in [0.29, 0.717) is 19.4 Å². The van der Waals surface area contributed by atoms with Crippen LogP contribution in [-0.2, 0) is 11.2 Å². The summed E-state index contributed by atoms with van der Waals surface area (Å²) in [4.78, 5) is 12.0. The first-order chi connectivity index (χ1) is 11.6. The minimum atomic E-state index is 0.0235. The number of hydrogen-bond acceptors (Lipinski definition) is 2. The largest absolute Gasteiger partial charge is 0.492 e. The number of rotatable bonds is 8. The van der Waals surface area contributed by atoms with Gasteiger partial charge in [-0.3, -0.25) is 4.79 Å². The second-order valence-corrected chi connectivity index (χ2v) is 6.62. The molecule has 1 unspecified atom stereocenters.